The Bertz CT molecular complexity index is 880. The molecule has 1 heterocycles. The number of aromatic nitrogens is 2. The second kappa shape index (κ2) is 7.23. The van der Waals surface area contributed by atoms with Crippen LogP contribution in [0.1, 0.15) is 17.4 Å². The number of nitrogens with zero attached hydrogens (tertiary/aromatic N) is 3. The predicted molar refractivity (Wildman–Crippen MR) is 94.7 cm³/mol. The molecule has 1 atom stereocenters. The van der Waals surface area contributed by atoms with E-state index < -0.39 is 11.8 Å². The fraction of sp³-hybridized carbons (Fsp3) is 0.222. The van der Waals surface area contributed by atoms with Crippen LogP contribution in [0.25, 0.3) is 11.0 Å². The van der Waals surface area contributed by atoms with Gasteiger partial charge in [0.1, 0.15) is 5.25 Å². The summed E-state index contributed by atoms with van der Waals surface area (Å²) in [6.45, 7) is -2.74. The number of amides is 1. The summed E-state index contributed by atoms with van der Waals surface area (Å²) in [4.78, 5) is 18.4. The van der Waals surface area contributed by atoms with E-state index in [0.29, 0.717) is 11.0 Å². The average Bonchev–Trinajstić information content (AvgIpc) is 2.98. The summed E-state index contributed by atoms with van der Waals surface area (Å²) in [5.41, 5.74) is 1.58. The molecule has 0 aliphatic rings. The molecule has 25 heavy (non-hydrogen) atoms. The third-order valence-corrected chi connectivity index (χ3v) is 4.96. The Morgan fingerprint density at radius 1 is 1.08 bits per heavy atom. The normalized spacial score (nSPS) is 12.5. The predicted octanol–water partition coefficient (Wildman–Crippen LogP) is 4.35. The summed E-state index contributed by atoms with van der Waals surface area (Å²) in [7, 11) is 3.30. The monoisotopic (exact) mass is 361 g/mol. The number of likely N-dealkylation sites (N-methyl/N-ethyl adjacent to an activating group) is 1. The first-order valence-electron chi connectivity index (χ1n) is 7.67. The molecule has 0 aliphatic carbocycles. The van der Waals surface area contributed by atoms with Crippen LogP contribution in [0.5, 0.6) is 0 Å². The minimum absolute atomic E-state index is 0.125. The van der Waals surface area contributed by atoms with Crippen LogP contribution >= 0.6 is 11.8 Å². The Morgan fingerprint density at radius 2 is 1.72 bits per heavy atom. The van der Waals surface area contributed by atoms with Crippen LogP contribution in [0.2, 0.25) is 0 Å². The van der Waals surface area contributed by atoms with Gasteiger partial charge in [-0.25, -0.2) is 4.98 Å². The van der Waals surface area contributed by atoms with Crippen LogP contribution in [0.15, 0.2) is 59.8 Å². The van der Waals surface area contributed by atoms with Crippen LogP contribution in [-0.2, 0) is 4.79 Å². The first-order chi connectivity index (χ1) is 12.0. The molecule has 0 radical (unpaired) electrons. The second-order valence-corrected chi connectivity index (χ2v) is 6.74. The fourth-order valence-corrected chi connectivity index (χ4v) is 3.78. The highest BCUT2D eigenvalue weighted by molar-refractivity contribution is 8.00. The lowest BCUT2D eigenvalue weighted by Crippen LogP contribution is -2.27. The van der Waals surface area contributed by atoms with Crippen molar-refractivity contribution in [1.82, 2.24) is 14.5 Å². The molecular formula is C18H17F2N3OS. The number of alkyl halides is 2. The first kappa shape index (κ1) is 17.4. The number of halogens is 2. The lowest BCUT2D eigenvalue weighted by Gasteiger charge is -2.20. The Hall–Kier alpha value is -2.41. The number of benzene rings is 2. The minimum atomic E-state index is -2.74. The van der Waals surface area contributed by atoms with Gasteiger partial charge in [0.25, 0.3) is 0 Å². The van der Waals surface area contributed by atoms with Crippen molar-refractivity contribution in [3.63, 3.8) is 0 Å². The van der Waals surface area contributed by atoms with Gasteiger partial charge in [0.15, 0.2) is 5.16 Å². The summed E-state index contributed by atoms with van der Waals surface area (Å²) in [6, 6.07) is 15.8. The van der Waals surface area contributed by atoms with Crippen molar-refractivity contribution in [2.45, 2.75) is 17.0 Å². The number of hydrogen-bond acceptors (Lipinski definition) is 3. The average molecular weight is 361 g/mol. The van der Waals surface area contributed by atoms with Crippen molar-refractivity contribution in [2.24, 2.45) is 0 Å². The van der Waals surface area contributed by atoms with E-state index in [0.717, 1.165) is 21.9 Å². The third-order valence-electron chi connectivity index (χ3n) is 3.75. The molecule has 130 valence electrons. The summed E-state index contributed by atoms with van der Waals surface area (Å²) in [5, 5.41) is -0.522. The molecule has 0 saturated heterocycles. The second-order valence-electron chi connectivity index (χ2n) is 5.67. The summed E-state index contributed by atoms with van der Waals surface area (Å²) < 4.78 is 28.1. The van der Waals surface area contributed by atoms with Gasteiger partial charge in [-0.2, -0.15) is 8.78 Å². The highest BCUT2D eigenvalue weighted by atomic mass is 32.2. The van der Waals surface area contributed by atoms with Gasteiger partial charge >= 0.3 is 6.55 Å². The number of rotatable bonds is 5. The van der Waals surface area contributed by atoms with E-state index in [1.54, 1.807) is 38.4 Å². The zero-order valence-electron chi connectivity index (χ0n) is 13.8. The van der Waals surface area contributed by atoms with E-state index in [2.05, 4.69) is 4.98 Å². The Kier molecular flexibility index (Phi) is 5.03. The van der Waals surface area contributed by atoms with Gasteiger partial charge in [-0.15, -0.1) is 0 Å². The molecule has 0 bridgehead atoms. The lowest BCUT2D eigenvalue weighted by molar-refractivity contribution is -0.128. The Morgan fingerprint density at radius 3 is 2.36 bits per heavy atom. The van der Waals surface area contributed by atoms with E-state index in [9.17, 15) is 13.6 Å². The third kappa shape index (κ3) is 3.51. The zero-order valence-corrected chi connectivity index (χ0v) is 14.6. The number of thioether (sulfide) groups is 1. The molecule has 2 aromatic carbocycles. The van der Waals surface area contributed by atoms with Crippen LogP contribution in [0, 0.1) is 0 Å². The quantitative estimate of drug-likeness (QED) is 0.634. The molecule has 0 aliphatic heterocycles. The van der Waals surface area contributed by atoms with Gasteiger partial charge in [0.2, 0.25) is 5.91 Å². The summed E-state index contributed by atoms with van der Waals surface area (Å²) in [6.07, 6.45) is 0. The molecule has 1 aromatic heterocycles. The van der Waals surface area contributed by atoms with E-state index >= 15 is 0 Å². The SMILES string of the molecule is CN(C)C(=O)[C@@H](Sc1nc2ccccc2n1C(F)F)c1ccccc1. The maximum atomic E-state index is 13.6. The van der Waals surface area contributed by atoms with Gasteiger partial charge in [-0.05, 0) is 17.7 Å². The topological polar surface area (TPSA) is 38.1 Å². The van der Waals surface area contributed by atoms with Crippen LogP contribution < -0.4 is 0 Å². The zero-order chi connectivity index (χ0) is 18.0. The minimum Gasteiger partial charge on any atom is -0.348 e. The molecule has 3 rings (SSSR count). The standard InChI is InChI=1S/C18H17F2N3OS/c1-22(2)16(24)15(12-8-4-3-5-9-12)25-18-21-13-10-6-7-11-14(13)23(18)17(19)20/h3-11,15,17H,1-2H3/t15-/m0/s1. The number of fused-ring (bicyclic) bond motifs is 1. The van der Waals surface area contributed by atoms with Gasteiger partial charge in [0, 0.05) is 14.1 Å². The highest BCUT2D eigenvalue weighted by Crippen LogP contribution is 2.39. The van der Waals surface area contributed by atoms with Crippen LogP contribution in [-0.4, -0.2) is 34.5 Å². The van der Waals surface area contributed by atoms with Crippen molar-refractivity contribution < 1.29 is 13.6 Å². The van der Waals surface area contributed by atoms with Crippen molar-refractivity contribution >= 4 is 28.7 Å². The molecule has 0 spiro atoms. The van der Waals surface area contributed by atoms with Gasteiger partial charge in [-0.3, -0.25) is 9.36 Å². The lowest BCUT2D eigenvalue weighted by atomic mass is 10.1. The van der Waals surface area contributed by atoms with Gasteiger partial charge < -0.3 is 4.90 Å². The van der Waals surface area contributed by atoms with Crippen LogP contribution in [0.4, 0.5) is 8.78 Å². The Balaban J connectivity index is 2.07. The highest BCUT2D eigenvalue weighted by Gasteiger charge is 2.28. The van der Waals surface area contributed by atoms with Crippen molar-refractivity contribution in [2.75, 3.05) is 14.1 Å². The number of carbonyl (C=O) groups is 1. The molecule has 0 saturated carbocycles. The molecule has 1 amide bonds. The number of carbonyl (C=O) groups excluding carboxylic acids is 1. The van der Waals surface area contributed by atoms with Gasteiger partial charge in [0.05, 0.1) is 11.0 Å². The largest absolute Gasteiger partial charge is 0.348 e. The number of imidazole rings is 1. The van der Waals surface area contributed by atoms with E-state index in [4.69, 9.17) is 0 Å². The molecule has 0 fully saturated rings. The van der Waals surface area contributed by atoms with E-state index in [1.165, 1.54) is 4.90 Å². The smallest absolute Gasteiger partial charge is 0.321 e. The van der Waals surface area contributed by atoms with Gasteiger partial charge in [-0.1, -0.05) is 54.2 Å². The van der Waals surface area contributed by atoms with Crippen molar-refractivity contribution in [3.05, 3.63) is 60.2 Å². The first-order valence-corrected chi connectivity index (χ1v) is 8.55. The molecule has 7 heteroatoms. The molecule has 4 nitrogen and oxygen atoms in total. The number of hydrogen-bond donors (Lipinski definition) is 0. The van der Waals surface area contributed by atoms with Crippen molar-refractivity contribution in [3.8, 4) is 0 Å². The maximum absolute atomic E-state index is 13.6. The Labute approximate surface area is 148 Å². The molecule has 0 N–H and O–H groups in total. The summed E-state index contributed by atoms with van der Waals surface area (Å²) in [5.74, 6) is -0.177. The molecule has 3 aromatic rings. The number of para-hydroxylation sites is 2. The van der Waals surface area contributed by atoms with Crippen LogP contribution in [0.3, 0.4) is 0 Å². The maximum Gasteiger partial charge on any atom is 0.321 e. The molecule has 0 unspecified atom stereocenters. The summed E-state index contributed by atoms with van der Waals surface area (Å²) >= 11 is 1.04. The van der Waals surface area contributed by atoms with E-state index in [-0.39, 0.29) is 11.1 Å². The van der Waals surface area contributed by atoms with Crippen molar-refractivity contribution in [1.29, 1.82) is 0 Å². The van der Waals surface area contributed by atoms with E-state index in [1.807, 2.05) is 30.3 Å². The fourth-order valence-electron chi connectivity index (χ4n) is 2.52. The molecular weight excluding hydrogens is 344 g/mol.